The van der Waals surface area contributed by atoms with E-state index in [1.54, 1.807) is 36.2 Å². The van der Waals surface area contributed by atoms with Gasteiger partial charge in [-0.2, -0.15) is 13.2 Å². The van der Waals surface area contributed by atoms with Crippen LogP contribution in [-0.2, 0) is 6.18 Å². The van der Waals surface area contributed by atoms with Gasteiger partial charge in [-0.1, -0.05) is 30.3 Å². The van der Waals surface area contributed by atoms with Gasteiger partial charge in [-0.3, -0.25) is 4.79 Å². The Bertz CT molecular complexity index is 733. The van der Waals surface area contributed by atoms with Gasteiger partial charge in [-0.25, -0.2) is 0 Å². The average molecular weight is 333 g/mol. The fraction of sp³-hybridized carbons (Fsp3) is 0.316. The first kappa shape index (κ1) is 16.6. The molecule has 2 aromatic rings. The zero-order chi connectivity index (χ0) is 17.3. The fourth-order valence-electron chi connectivity index (χ4n) is 2.74. The van der Waals surface area contributed by atoms with E-state index in [4.69, 9.17) is 0 Å². The number of hydrogen-bond donors (Lipinski definition) is 0. The number of nitrogens with zero attached hydrogens (tertiary/aromatic N) is 1. The second-order valence-corrected chi connectivity index (χ2v) is 6.25. The third-order valence-corrected chi connectivity index (χ3v) is 4.26. The van der Waals surface area contributed by atoms with Gasteiger partial charge >= 0.3 is 6.18 Å². The molecule has 1 aliphatic rings. The van der Waals surface area contributed by atoms with Crippen LogP contribution in [0.1, 0.15) is 28.8 Å². The van der Waals surface area contributed by atoms with Crippen molar-refractivity contribution in [3.8, 4) is 11.1 Å². The third kappa shape index (κ3) is 3.61. The molecule has 3 rings (SSSR count). The molecule has 0 saturated heterocycles. The number of carbonyl (C=O) groups excluding carboxylic acids is 1. The lowest BCUT2D eigenvalue weighted by Gasteiger charge is -2.19. The average Bonchev–Trinajstić information content (AvgIpc) is 3.37. The maximum Gasteiger partial charge on any atom is 0.416 e. The molecule has 24 heavy (non-hydrogen) atoms. The normalized spacial score (nSPS) is 14.5. The zero-order valence-corrected chi connectivity index (χ0v) is 13.3. The van der Waals surface area contributed by atoms with Crippen molar-refractivity contribution in [3.05, 3.63) is 59.7 Å². The standard InChI is InChI=1S/C19H18F3NO/c1-23(12-13-6-7-13)18(24)17-5-3-2-4-16(17)14-8-10-15(11-9-14)19(20,21)22/h2-5,8-11,13H,6-7,12H2,1H3. The minimum Gasteiger partial charge on any atom is -0.341 e. The number of benzene rings is 2. The van der Waals surface area contributed by atoms with Gasteiger partial charge in [0.15, 0.2) is 0 Å². The summed E-state index contributed by atoms with van der Waals surface area (Å²) in [6.07, 6.45) is -2.06. The first-order valence-corrected chi connectivity index (χ1v) is 7.88. The predicted octanol–water partition coefficient (Wildman–Crippen LogP) is 4.85. The van der Waals surface area contributed by atoms with Crippen LogP contribution in [0.4, 0.5) is 13.2 Å². The number of alkyl halides is 3. The molecule has 2 aromatic carbocycles. The molecule has 126 valence electrons. The molecule has 0 radical (unpaired) electrons. The Labute approximate surface area is 138 Å². The van der Waals surface area contributed by atoms with Crippen molar-refractivity contribution in [3.63, 3.8) is 0 Å². The lowest BCUT2D eigenvalue weighted by atomic mass is 9.98. The van der Waals surface area contributed by atoms with Gasteiger partial charge in [0.2, 0.25) is 0 Å². The second kappa shape index (κ2) is 6.30. The highest BCUT2D eigenvalue weighted by Crippen LogP contribution is 2.33. The topological polar surface area (TPSA) is 20.3 Å². The van der Waals surface area contributed by atoms with Crippen molar-refractivity contribution in [2.24, 2.45) is 5.92 Å². The first-order chi connectivity index (χ1) is 11.4. The monoisotopic (exact) mass is 333 g/mol. The van der Waals surface area contributed by atoms with Gasteiger partial charge < -0.3 is 4.90 Å². The number of amides is 1. The molecule has 0 heterocycles. The smallest absolute Gasteiger partial charge is 0.341 e. The van der Waals surface area contributed by atoms with Crippen LogP contribution in [-0.4, -0.2) is 24.4 Å². The van der Waals surface area contributed by atoms with Crippen molar-refractivity contribution < 1.29 is 18.0 Å². The van der Waals surface area contributed by atoms with Crippen molar-refractivity contribution >= 4 is 5.91 Å². The van der Waals surface area contributed by atoms with Crippen LogP contribution in [0.25, 0.3) is 11.1 Å². The number of rotatable bonds is 4. The van der Waals surface area contributed by atoms with Crippen LogP contribution in [0.2, 0.25) is 0 Å². The van der Waals surface area contributed by atoms with E-state index in [9.17, 15) is 18.0 Å². The lowest BCUT2D eigenvalue weighted by molar-refractivity contribution is -0.137. The molecular formula is C19H18F3NO. The van der Waals surface area contributed by atoms with Gasteiger partial charge in [0.1, 0.15) is 0 Å². The Hall–Kier alpha value is -2.30. The summed E-state index contributed by atoms with van der Waals surface area (Å²) in [5, 5.41) is 0. The molecule has 2 nitrogen and oxygen atoms in total. The molecule has 1 saturated carbocycles. The van der Waals surface area contributed by atoms with Crippen molar-refractivity contribution in [1.82, 2.24) is 4.90 Å². The predicted molar refractivity (Wildman–Crippen MR) is 86.6 cm³/mol. The van der Waals surface area contributed by atoms with Gasteiger partial charge in [0.25, 0.3) is 5.91 Å². The van der Waals surface area contributed by atoms with E-state index in [2.05, 4.69) is 0 Å². The summed E-state index contributed by atoms with van der Waals surface area (Å²) in [5.41, 5.74) is 1.08. The summed E-state index contributed by atoms with van der Waals surface area (Å²) >= 11 is 0. The molecule has 0 atom stereocenters. The summed E-state index contributed by atoms with van der Waals surface area (Å²) in [5.74, 6) is 0.481. The van der Waals surface area contributed by atoms with Crippen molar-refractivity contribution in [2.75, 3.05) is 13.6 Å². The van der Waals surface area contributed by atoms with Crippen LogP contribution < -0.4 is 0 Å². The second-order valence-electron chi connectivity index (χ2n) is 6.25. The molecule has 1 fully saturated rings. The summed E-state index contributed by atoms with van der Waals surface area (Å²) in [4.78, 5) is 14.4. The molecular weight excluding hydrogens is 315 g/mol. The van der Waals surface area contributed by atoms with Crippen LogP contribution in [0.3, 0.4) is 0 Å². The van der Waals surface area contributed by atoms with Crippen LogP contribution in [0.5, 0.6) is 0 Å². The molecule has 0 aromatic heterocycles. The maximum atomic E-state index is 12.7. The minimum absolute atomic E-state index is 0.0996. The summed E-state index contributed by atoms with van der Waals surface area (Å²) in [6.45, 7) is 0.722. The highest BCUT2D eigenvalue weighted by molar-refractivity contribution is 6.00. The Kier molecular flexibility index (Phi) is 4.35. The lowest BCUT2D eigenvalue weighted by Crippen LogP contribution is -2.29. The number of halogens is 3. The molecule has 0 spiro atoms. The SMILES string of the molecule is CN(CC1CC1)C(=O)c1ccccc1-c1ccc(C(F)(F)F)cc1. The van der Waals surface area contributed by atoms with E-state index in [1.165, 1.54) is 12.1 Å². The Morgan fingerprint density at radius 3 is 2.29 bits per heavy atom. The number of hydrogen-bond acceptors (Lipinski definition) is 1. The highest BCUT2D eigenvalue weighted by Gasteiger charge is 2.30. The molecule has 5 heteroatoms. The maximum absolute atomic E-state index is 12.7. The molecule has 0 N–H and O–H groups in total. The summed E-state index contributed by atoms with van der Waals surface area (Å²) in [6, 6.07) is 12.0. The van der Waals surface area contributed by atoms with Crippen molar-refractivity contribution in [1.29, 1.82) is 0 Å². The Morgan fingerprint density at radius 1 is 1.08 bits per heavy atom. The van der Waals surface area contributed by atoms with Gasteiger partial charge in [0.05, 0.1) is 5.56 Å². The minimum atomic E-state index is -4.36. The van der Waals surface area contributed by atoms with Gasteiger partial charge in [0, 0.05) is 19.2 Å². The van der Waals surface area contributed by atoms with Gasteiger partial charge in [-0.15, -0.1) is 0 Å². The van der Waals surface area contributed by atoms with Gasteiger partial charge in [-0.05, 0) is 48.1 Å². The van der Waals surface area contributed by atoms with Crippen LogP contribution in [0, 0.1) is 5.92 Å². The fourth-order valence-corrected chi connectivity index (χ4v) is 2.74. The number of carbonyl (C=O) groups is 1. The van der Waals surface area contributed by atoms with E-state index < -0.39 is 11.7 Å². The highest BCUT2D eigenvalue weighted by atomic mass is 19.4. The van der Waals surface area contributed by atoms with Crippen molar-refractivity contribution in [2.45, 2.75) is 19.0 Å². The molecule has 1 amide bonds. The summed E-state index contributed by atoms with van der Waals surface area (Å²) in [7, 11) is 1.77. The van der Waals surface area contributed by atoms with Crippen LogP contribution >= 0.6 is 0 Å². The van der Waals surface area contributed by atoms with E-state index in [0.717, 1.165) is 31.5 Å². The summed E-state index contributed by atoms with van der Waals surface area (Å²) < 4.78 is 38.1. The largest absolute Gasteiger partial charge is 0.416 e. The zero-order valence-electron chi connectivity index (χ0n) is 13.3. The van der Waals surface area contributed by atoms with E-state index in [1.807, 2.05) is 0 Å². The van der Waals surface area contributed by atoms with E-state index in [0.29, 0.717) is 22.6 Å². The van der Waals surface area contributed by atoms with Crippen LogP contribution in [0.15, 0.2) is 48.5 Å². The molecule has 0 unspecified atom stereocenters. The third-order valence-electron chi connectivity index (χ3n) is 4.26. The Morgan fingerprint density at radius 2 is 1.71 bits per heavy atom. The van der Waals surface area contributed by atoms with E-state index in [-0.39, 0.29) is 5.91 Å². The molecule has 0 aliphatic heterocycles. The van der Waals surface area contributed by atoms with E-state index >= 15 is 0 Å². The quantitative estimate of drug-likeness (QED) is 0.783. The molecule has 1 aliphatic carbocycles. The first-order valence-electron chi connectivity index (χ1n) is 7.88. The molecule has 0 bridgehead atoms. The Balaban J connectivity index is 1.89.